The van der Waals surface area contributed by atoms with Gasteiger partial charge in [0, 0.05) is 32.2 Å². The normalized spacial score (nSPS) is 12.5. The molecule has 0 aliphatic carbocycles. The van der Waals surface area contributed by atoms with E-state index >= 15 is 0 Å². The number of hydrogen-bond donors (Lipinski definition) is 5. The lowest BCUT2D eigenvalue weighted by Crippen LogP contribution is -2.49. The van der Waals surface area contributed by atoms with Gasteiger partial charge < -0.3 is 20.7 Å². The molecule has 0 aromatic heterocycles. The fourth-order valence-electron chi connectivity index (χ4n) is 3.19. The summed E-state index contributed by atoms with van der Waals surface area (Å²) in [7, 11) is 1.51. The van der Waals surface area contributed by atoms with Gasteiger partial charge in [-0.3, -0.25) is 19.6 Å². The third-order valence-corrected chi connectivity index (χ3v) is 4.92. The number of carbonyl (C=O) groups excluding carboxylic acids is 4. The molecule has 9 nitrogen and oxygen atoms in total. The Labute approximate surface area is 183 Å². The van der Waals surface area contributed by atoms with Crippen molar-refractivity contribution in [3.63, 3.8) is 0 Å². The van der Waals surface area contributed by atoms with Crippen LogP contribution in [0.3, 0.4) is 0 Å². The summed E-state index contributed by atoms with van der Waals surface area (Å²) in [6.45, 7) is 1.50. The van der Waals surface area contributed by atoms with Crippen LogP contribution < -0.4 is 21.4 Å². The van der Waals surface area contributed by atoms with Gasteiger partial charge in [0.2, 0.25) is 17.7 Å². The van der Waals surface area contributed by atoms with Gasteiger partial charge in [0.1, 0.15) is 12.3 Å². The minimum absolute atomic E-state index is 0.166. The lowest BCUT2D eigenvalue weighted by molar-refractivity contribution is -0.136. The highest BCUT2D eigenvalue weighted by molar-refractivity contribution is 5.90. The van der Waals surface area contributed by atoms with Gasteiger partial charge in [-0.15, -0.1) is 0 Å². The summed E-state index contributed by atoms with van der Waals surface area (Å²) in [6, 6.07) is 8.58. The van der Waals surface area contributed by atoms with E-state index in [0.717, 1.165) is 37.8 Å². The number of aldehydes is 1. The van der Waals surface area contributed by atoms with Gasteiger partial charge in [-0.25, -0.2) is 5.48 Å². The van der Waals surface area contributed by atoms with Crippen LogP contribution in [0.5, 0.6) is 0 Å². The van der Waals surface area contributed by atoms with E-state index in [0.29, 0.717) is 25.7 Å². The van der Waals surface area contributed by atoms with Crippen molar-refractivity contribution in [2.75, 3.05) is 20.1 Å². The zero-order chi connectivity index (χ0) is 22.9. The van der Waals surface area contributed by atoms with Crippen LogP contribution in [0.4, 0.5) is 0 Å². The summed E-state index contributed by atoms with van der Waals surface area (Å²) in [6.07, 6.45) is 4.31. The molecule has 0 saturated carbocycles. The van der Waals surface area contributed by atoms with Gasteiger partial charge in [0.05, 0.1) is 0 Å². The van der Waals surface area contributed by atoms with Crippen LogP contribution in [-0.4, -0.2) is 55.4 Å². The van der Waals surface area contributed by atoms with E-state index in [2.05, 4.69) is 16.0 Å². The fraction of sp³-hybridized carbons (Fsp3) is 0.545. The minimum Gasteiger partial charge on any atom is -0.357 e. The van der Waals surface area contributed by atoms with E-state index in [1.54, 1.807) is 5.48 Å². The Bertz CT molecular complexity index is 684. The molecular weight excluding hydrogens is 400 g/mol. The van der Waals surface area contributed by atoms with Crippen LogP contribution in [0.25, 0.3) is 0 Å². The fourth-order valence-corrected chi connectivity index (χ4v) is 3.19. The standard InChI is InChI=1S/C22H34N4O5/c1-23-22(30)19(15-17-9-3-2-4-10-17)25-21(29)18(16-20(28)26-31)11-5-6-12-24-13-7-8-14-27/h2-4,9-10,14,18-19,24,31H,5-8,11-13,15-16H2,1H3,(H,23,30)(H,25,29)(H,26,28)/t18?,19-/m0/s1. The summed E-state index contributed by atoms with van der Waals surface area (Å²) >= 11 is 0. The Kier molecular flexibility index (Phi) is 13.5. The molecule has 0 heterocycles. The highest BCUT2D eigenvalue weighted by atomic mass is 16.5. The molecule has 172 valence electrons. The lowest BCUT2D eigenvalue weighted by Gasteiger charge is -2.22. The zero-order valence-corrected chi connectivity index (χ0v) is 18.1. The summed E-state index contributed by atoms with van der Waals surface area (Å²) in [5, 5.41) is 17.4. The maximum atomic E-state index is 12.9. The third kappa shape index (κ3) is 11.3. The molecule has 9 heteroatoms. The molecule has 3 amide bonds. The molecule has 1 aromatic rings. The number of hydroxylamine groups is 1. The van der Waals surface area contributed by atoms with E-state index in [-0.39, 0.29) is 12.3 Å². The Balaban J connectivity index is 2.63. The molecule has 1 aromatic carbocycles. The number of carbonyl (C=O) groups is 4. The van der Waals surface area contributed by atoms with Gasteiger partial charge in [0.15, 0.2) is 0 Å². The van der Waals surface area contributed by atoms with Crippen molar-refractivity contribution in [2.45, 2.75) is 51.0 Å². The van der Waals surface area contributed by atoms with Crippen LogP contribution in [0.15, 0.2) is 30.3 Å². The molecule has 2 atom stereocenters. The average Bonchev–Trinajstić information content (AvgIpc) is 2.79. The van der Waals surface area contributed by atoms with Crippen LogP contribution in [0.1, 0.15) is 44.1 Å². The molecule has 0 fully saturated rings. The molecule has 0 radical (unpaired) electrons. The Morgan fingerprint density at radius 2 is 1.74 bits per heavy atom. The lowest BCUT2D eigenvalue weighted by atomic mass is 9.95. The predicted molar refractivity (Wildman–Crippen MR) is 116 cm³/mol. The van der Waals surface area contributed by atoms with E-state index in [4.69, 9.17) is 5.21 Å². The van der Waals surface area contributed by atoms with Crippen molar-refractivity contribution in [2.24, 2.45) is 5.92 Å². The number of amides is 3. The smallest absolute Gasteiger partial charge is 0.244 e. The Morgan fingerprint density at radius 1 is 1.03 bits per heavy atom. The number of benzene rings is 1. The van der Waals surface area contributed by atoms with Crippen LogP contribution >= 0.6 is 0 Å². The first-order chi connectivity index (χ1) is 15.0. The maximum absolute atomic E-state index is 12.9. The number of nitrogens with one attached hydrogen (secondary N) is 4. The zero-order valence-electron chi connectivity index (χ0n) is 18.1. The van der Waals surface area contributed by atoms with Gasteiger partial charge in [-0.1, -0.05) is 36.8 Å². The van der Waals surface area contributed by atoms with Crippen LogP contribution in [0.2, 0.25) is 0 Å². The number of hydrogen-bond acceptors (Lipinski definition) is 6. The highest BCUT2D eigenvalue weighted by Crippen LogP contribution is 2.14. The molecular formula is C22H34N4O5. The van der Waals surface area contributed by atoms with Crippen molar-refractivity contribution in [3.8, 4) is 0 Å². The van der Waals surface area contributed by atoms with Crippen molar-refractivity contribution < 1.29 is 24.4 Å². The summed E-state index contributed by atoms with van der Waals surface area (Å²) in [4.78, 5) is 47.1. The summed E-state index contributed by atoms with van der Waals surface area (Å²) in [5.41, 5.74) is 2.47. The summed E-state index contributed by atoms with van der Waals surface area (Å²) in [5.74, 6) is -2.02. The van der Waals surface area contributed by atoms with E-state index in [9.17, 15) is 19.2 Å². The van der Waals surface area contributed by atoms with Gasteiger partial charge in [-0.05, 0) is 37.9 Å². The average molecular weight is 435 g/mol. The first kappa shape index (κ1) is 26.3. The minimum atomic E-state index is -0.765. The number of likely N-dealkylation sites (N-methyl/N-ethyl adjacent to an activating group) is 1. The van der Waals surface area contributed by atoms with Crippen molar-refractivity contribution in [1.29, 1.82) is 0 Å². The third-order valence-electron chi connectivity index (χ3n) is 4.92. The van der Waals surface area contributed by atoms with E-state index in [1.165, 1.54) is 7.05 Å². The van der Waals surface area contributed by atoms with E-state index < -0.39 is 23.8 Å². The second-order valence-electron chi connectivity index (χ2n) is 7.36. The van der Waals surface area contributed by atoms with Crippen LogP contribution in [-0.2, 0) is 25.6 Å². The maximum Gasteiger partial charge on any atom is 0.244 e. The Hall–Kier alpha value is -2.78. The molecule has 0 spiro atoms. The molecule has 31 heavy (non-hydrogen) atoms. The Morgan fingerprint density at radius 3 is 2.39 bits per heavy atom. The second kappa shape index (κ2) is 16.0. The molecule has 0 aliphatic heterocycles. The van der Waals surface area contributed by atoms with Crippen molar-refractivity contribution >= 4 is 24.0 Å². The van der Waals surface area contributed by atoms with E-state index in [1.807, 2.05) is 30.3 Å². The topological polar surface area (TPSA) is 137 Å². The van der Waals surface area contributed by atoms with Gasteiger partial charge in [-0.2, -0.15) is 0 Å². The molecule has 1 unspecified atom stereocenters. The second-order valence-corrected chi connectivity index (χ2v) is 7.36. The molecule has 5 N–H and O–H groups in total. The van der Waals surface area contributed by atoms with Crippen molar-refractivity contribution in [1.82, 2.24) is 21.4 Å². The first-order valence-electron chi connectivity index (χ1n) is 10.6. The van der Waals surface area contributed by atoms with Crippen molar-refractivity contribution in [3.05, 3.63) is 35.9 Å². The largest absolute Gasteiger partial charge is 0.357 e. The quantitative estimate of drug-likeness (QED) is 0.112. The predicted octanol–water partition coefficient (Wildman–Crippen LogP) is 0.711. The van der Waals surface area contributed by atoms with Gasteiger partial charge in [0.25, 0.3) is 0 Å². The number of unbranched alkanes of at least 4 members (excludes halogenated alkanes) is 2. The SMILES string of the molecule is CNC(=O)[C@H](Cc1ccccc1)NC(=O)C(CCCCNCCCC=O)CC(=O)NO. The molecule has 1 rings (SSSR count). The monoisotopic (exact) mass is 434 g/mol. The molecule has 0 aliphatic rings. The first-order valence-corrected chi connectivity index (χ1v) is 10.6. The molecule has 0 bridgehead atoms. The molecule has 0 saturated heterocycles. The van der Waals surface area contributed by atoms with Crippen LogP contribution in [0, 0.1) is 5.92 Å². The summed E-state index contributed by atoms with van der Waals surface area (Å²) < 4.78 is 0. The number of rotatable bonds is 16. The highest BCUT2D eigenvalue weighted by Gasteiger charge is 2.26. The van der Waals surface area contributed by atoms with Gasteiger partial charge >= 0.3 is 0 Å².